The summed E-state index contributed by atoms with van der Waals surface area (Å²) in [7, 11) is 0. The molecule has 2 bridgehead atoms. The Bertz CT molecular complexity index is 261. The molecule has 0 aliphatic heterocycles. The normalized spacial score (nSPS) is 89.7. The smallest absolute Gasteiger partial charge is 0.0496 e. The molecule has 6 rings (SSSR count). The standard InChI is InChI=1S/C10H12O/c11-2-10-7-4-1-3-5(7)9(10)6(3)8(4)10/h3-9,11H,1-2H2/t3?,4?,5-,6+,7+,8-,9?,10?. The van der Waals surface area contributed by atoms with Crippen LogP contribution in [0.25, 0.3) is 0 Å². The Kier molecular flexibility index (Phi) is 0.421. The summed E-state index contributed by atoms with van der Waals surface area (Å²) in [6.07, 6.45) is 1.56. The van der Waals surface area contributed by atoms with Gasteiger partial charge in [-0.3, -0.25) is 0 Å². The van der Waals surface area contributed by atoms with Crippen molar-refractivity contribution in [3.8, 4) is 0 Å². The molecule has 4 unspecified atom stereocenters. The molecule has 6 aliphatic carbocycles. The highest BCUT2D eigenvalue weighted by molar-refractivity contribution is 5.43. The predicted octanol–water partition coefficient (Wildman–Crippen LogP) is 0.737. The molecule has 0 heterocycles. The highest BCUT2D eigenvalue weighted by Crippen LogP contribution is 2.99. The van der Waals surface area contributed by atoms with Gasteiger partial charge in [0.1, 0.15) is 0 Å². The number of aliphatic hydroxyl groups excluding tert-OH is 1. The SMILES string of the molecule is OCC12C3[C@H]4C5CC([C@H]41)[C@H]2[C@@H]53. The van der Waals surface area contributed by atoms with Gasteiger partial charge in [-0.2, -0.15) is 0 Å². The first kappa shape index (κ1) is 4.86. The Labute approximate surface area is 65.8 Å². The molecule has 6 fully saturated rings. The fourth-order valence-electron chi connectivity index (χ4n) is 6.45. The highest BCUT2D eigenvalue weighted by atomic mass is 16.3. The molecule has 6 saturated carbocycles. The van der Waals surface area contributed by atoms with Crippen LogP contribution in [-0.4, -0.2) is 11.7 Å². The Morgan fingerprint density at radius 2 is 1.82 bits per heavy atom. The van der Waals surface area contributed by atoms with E-state index >= 15 is 0 Å². The minimum Gasteiger partial charge on any atom is -0.396 e. The third-order valence-electron chi connectivity index (χ3n) is 6.25. The zero-order valence-electron chi connectivity index (χ0n) is 6.40. The van der Waals surface area contributed by atoms with Gasteiger partial charge in [-0.25, -0.2) is 0 Å². The fraction of sp³-hybridized carbons (Fsp3) is 1.00. The summed E-state index contributed by atoms with van der Waals surface area (Å²) in [6, 6.07) is 0. The predicted molar refractivity (Wildman–Crippen MR) is 38.6 cm³/mol. The van der Waals surface area contributed by atoms with E-state index < -0.39 is 0 Å². The Morgan fingerprint density at radius 3 is 2.36 bits per heavy atom. The van der Waals surface area contributed by atoms with E-state index in [1.54, 1.807) is 6.42 Å². The lowest BCUT2D eigenvalue weighted by molar-refractivity contribution is -0.455. The first-order valence-corrected chi connectivity index (χ1v) is 5.02. The summed E-state index contributed by atoms with van der Waals surface area (Å²) in [6.45, 7) is 0.531. The molecule has 0 aromatic rings. The molecule has 1 N–H and O–H groups in total. The molecule has 58 valence electrons. The van der Waals surface area contributed by atoms with Gasteiger partial charge < -0.3 is 5.11 Å². The molecule has 8 atom stereocenters. The third-order valence-corrected chi connectivity index (χ3v) is 6.25. The summed E-state index contributed by atoms with van der Waals surface area (Å²) in [4.78, 5) is 0. The minimum absolute atomic E-state index is 0.531. The molecule has 0 spiro atoms. The lowest BCUT2D eigenvalue weighted by Crippen LogP contribution is -2.89. The van der Waals surface area contributed by atoms with E-state index in [1.807, 2.05) is 0 Å². The van der Waals surface area contributed by atoms with E-state index in [0.717, 1.165) is 41.4 Å². The van der Waals surface area contributed by atoms with Crippen LogP contribution in [0, 0.1) is 46.8 Å². The summed E-state index contributed by atoms with van der Waals surface area (Å²) in [5, 5.41) is 9.34. The van der Waals surface area contributed by atoms with E-state index in [9.17, 15) is 5.11 Å². The lowest BCUT2D eigenvalue weighted by Gasteiger charge is -2.91. The second-order valence-electron chi connectivity index (χ2n) is 5.57. The maximum atomic E-state index is 9.34. The second-order valence-corrected chi connectivity index (χ2v) is 5.57. The van der Waals surface area contributed by atoms with Crippen LogP contribution >= 0.6 is 0 Å². The zero-order chi connectivity index (χ0) is 6.96. The van der Waals surface area contributed by atoms with Crippen molar-refractivity contribution in [2.75, 3.05) is 6.61 Å². The number of hydrogen-bond donors (Lipinski definition) is 1. The molecule has 0 saturated heterocycles. The molecule has 0 aromatic heterocycles. The number of hydrogen-bond acceptors (Lipinski definition) is 1. The van der Waals surface area contributed by atoms with Gasteiger partial charge in [-0.1, -0.05) is 0 Å². The van der Waals surface area contributed by atoms with Crippen molar-refractivity contribution in [1.82, 2.24) is 0 Å². The van der Waals surface area contributed by atoms with Gasteiger partial charge in [0.25, 0.3) is 0 Å². The zero-order valence-corrected chi connectivity index (χ0v) is 6.40. The molecule has 1 nitrogen and oxygen atoms in total. The molecule has 0 aromatic carbocycles. The topological polar surface area (TPSA) is 20.2 Å². The van der Waals surface area contributed by atoms with Crippen molar-refractivity contribution in [3.05, 3.63) is 0 Å². The van der Waals surface area contributed by atoms with Crippen LogP contribution < -0.4 is 0 Å². The maximum absolute atomic E-state index is 9.34. The van der Waals surface area contributed by atoms with Crippen LogP contribution in [0.15, 0.2) is 0 Å². The van der Waals surface area contributed by atoms with Crippen molar-refractivity contribution >= 4 is 0 Å². The molecular weight excluding hydrogens is 136 g/mol. The van der Waals surface area contributed by atoms with Crippen LogP contribution in [0.2, 0.25) is 0 Å². The van der Waals surface area contributed by atoms with Gasteiger partial charge in [-0.05, 0) is 47.8 Å². The monoisotopic (exact) mass is 148 g/mol. The maximum Gasteiger partial charge on any atom is 0.0496 e. The van der Waals surface area contributed by atoms with E-state index in [2.05, 4.69) is 0 Å². The van der Waals surface area contributed by atoms with Crippen LogP contribution in [0.1, 0.15) is 6.42 Å². The lowest BCUT2D eigenvalue weighted by atomic mass is 9.13. The minimum atomic E-state index is 0.531. The van der Waals surface area contributed by atoms with Crippen LogP contribution in [0.5, 0.6) is 0 Å². The summed E-state index contributed by atoms with van der Waals surface area (Å²) < 4.78 is 0. The molecule has 11 heavy (non-hydrogen) atoms. The van der Waals surface area contributed by atoms with Crippen molar-refractivity contribution in [3.63, 3.8) is 0 Å². The average Bonchev–Trinajstić information content (AvgIpc) is 2.27. The van der Waals surface area contributed by atoms with Crippen molar-refractivity contribution in [2.45, 2.75) is 6.42 Å². The summed E-state index contributed by atoms with van der Waals surface area (Å²) in [5.41, 5.74) is 0.549. The summed E-state index contributed by atoms with van der Waals surface area (Å²) >= 11 is 0. The van der Waals surface area contributed by atoms with Gasteiger partial charge in [0, 0.05) is 12.0 Å². The summed E-state index contributed by atoms with van der Waals surface area (Å²) in [5.74, 6) is 7.60. The molecule has 0 radical (unpaired) electrons. The number of aliphatic hydroxyl groups is 1. The van der Waals surface area contributed by atoms with Crippen molar-refractivity contribution in [2.24, 2.45) is 46.8 Å². The van der Waals surface area contributed by atoms with Gasteiger partial charge in [0.2, 0.25) is 0 Å². The fourth-order valence-corrected chi connectivity index (χ4v) is 6.45. The Balaban J connectivity index is 1.79. The van der Waals surface area contributed by atoms with Crippen LogP contribution in [0.3, 0.4) is 0 Å². The Morgan fingerprint density at radius 1 is 1.09 bits per heavy atom. The molecule has 6 aliphatic rings. The van der Waals surface area contributed by atoms with Crippen molar-refractivity contribution < 1.29 is 5.11 Å². The van der Waals surface area contributed by atoms with Gasteiger partial charge in [0.15, 0.2) is 0 Å². The molecule has 0 amide bonds. The third kappa shape index (κ3) is 0.195. The second kappa shape index (κ2) is 0.953. The van der Waals surface area contributed by atoms with E-state index in [-0.39, 0.29) is 0 Å². The quantitative estimate of drug-likeness (QED) is 0.581. The largest absolute Gasteiger partial charge is 0.396 e. The van der Waals surface area contributed by atoms with Gasteiger partial charge >= 0.3 is 0 Å². The number of rotatable bonds is 1. The van der Waals surface area contributed by atoms with Gasteiger partial charge in [-0.15, -0.1) is 0 Å². The molecular formula is C10H12O. The first-order chi connectivity index (χ1) is 5.41. The highest BCUT2D eigenvalue weighted by Gasteiger charge is 2.97. The van der Waals surface area contributed by atoms with E-state index in [0.29, 0.717) is 12.0 Å². The van der Waals surface area contributed by atoms with E-state index in [1.165, 1.54) is 0 Å². The van der Waals surface area contributed by atoms with Crippen LogP contribution in [0.4, 0.5) is 0 Å². The first-order valence-electron chi connectivity index (χ1n) is 5.02. The van der Waals surface area contributed by atoms with Gasteiger partial charge in [0.05, 0.1) is 0 Å². The van der Waals surface area contributed by atoms with Crippen LogP contribution in [-0.2, 0) is 0 Å². The molecule has 1 heteroatoms. The van der Waals surface area contributed by atoms with E-state index in [4.69, 9.17) is 0 Å². The van der Waals surface area contributed by atoms with Crippen molar-refractivity contribution in [1.29, 1.82) is 0 Å². The Hall–Kier alpha value is -0.0400. The average molecular weight is 148 g/mol.